The van der Waals surface area contributed by atoms with E-state index in [1.54, 1.807) is 6.92 Å². The normalized spacial score (nSPS) is 17.9. The lowest BCUT2D eigenvalue weighted by Gasteiger charge is -2.20. The Hall–Kier alpha value is -1.61. The van der Waals surface area contributed by atoms with Crippen molar-refractivity contribution in [3.8, 4) is 0 Å². The number of rotatable bonds is 3. The first-order valence-electron chi connectivity index (χ1n) is 6.78. The summed E-state index contributed by atoms with van der Waals surface area (Å²) in [5.74, 6) is 0.843. The molecule has 0 bridgehead atoms. The van der Waals surface area contributed by atoms with Crippen LogP contribution in [0.2, 0.25) is 0 Å². The third kappa shape index (κ3) is 2.16. The average Bonchev–Trinajstić information content (AvgIpc) is 2.73. The number of Topliss-reactive ketones (excluding diaryl/α,β-unsaturated/α-hetero) is 2. The maximum Gasteiger partial charge on any atom is 0.156 e. The molecule has 0 amide bonds. The Bertz CT molecular complexity index is 669. The zero-order valence-electron chi connectivity index (χ0n) is 11.4. The Morgan fingerprint density at radius 2 is 1.65 bits per heavy atom. The SMILES string of the molecule is CC1(SCc2cccc3ccccc23)C(=O)CCC1=O. The van der Waals surface area contributed by atoms with E-state index in [1.165, 1.54) is 28.1 Å². The van der Waals surface area contributed by atoms with E-state index in [2.05, 4.69) is 24.3 Å². The van der Waals surface area contributed by atoms with Gasteiger partial charge in [0.25, 0.3) is 0 Å². The van der Waals surface area contributed by atoms with Gasteiger partial charge < -0.3 is 0 Å². The van der Waals surface area contributed by atoms with E-state index in [0.29, 0.717) is 18.6 Å². The molecule has 0 atom stereocenters. The second-order valence-electron chi connectivity index (χ2n) is 5.31. The summed E-state index contributed by atoms with van der Waals surface area (Å²) in [5, 5.41) is 2.39. The molecule has 2 aromatic carbocycles. The largest absolute Gasteiger partial charge is 0.298 e. The number of carbonyl (C=O) groups is 2. The molecular formula is C17H16O2S. The van der Waals surface area contributed by atoms with Crippen LogP contribution in [0, 0.1) is 0 Å². The van der Waals surface area contributed by atoms with E-state index in [9.17, 15) is 9.59 Å². The van der Waals surface area contributed by atoms with Gasteiger partial charge in [-0.25, -0.2) is 0 Å². The van der Waals surface area contributed by atoms with E-state index in [1.807, 2.05) is 18.2 Å². The maximum atomic E-state index is 11.9. The standard InChI is InChI=1S/C17H16O2S/c1-17(15(18)9-10-16(17)19)20-11-13-7-4-6-12-5-2-3-8-14(12)13/h2-8H,9-11H2,1H3. The van der Waals surface area contributed by atoms with Gasteiger partial charge in [0.15, 0.2) is 11.6 Å². The van der Waals surface area contributed by atoms with E-state index in [0.717, 1.165) is 0 Å². The van der Waals surface area contributed by atoms with Gasteiger partial charge in [-0.1, -0.05) is 42.5 Å². The molecule has 2 aromatic rings. The van der Waals surface area contributed by atoms with Gasteiger partial charge in [-0.3, -0.25) is 9.59 Å². The van der Waals surface area contributed by atoms with Crippen LogP contribution in [0.4, 0.5) is 0 Å². The summed E-state index contributed by atoms with van der Waals surface area (Å²) in [6, 6.07) is 14.4. The first-order valence-corrected chi connectivity index (χ1v) is 7.77. The fourth-order valence-electron chi connectivity index (χ4n) is 2.66. The van der Waals surface area contributed by atoms with Crippen molar-refractivity contribution in [3.63, 3.8) is 0 Å². The molecule has 0 heterocycles. The minimum Gasteiger partial charge on any atom is -0.298 e. The van der Waals surface area contributed by atoms with Gasteiger partial charge in [0, 0.05) is 18.6 Å². The Labute approximate surface area is 122 Å². The van der Waals surface area contributed by atoms with Crippen LogP contribution in [-0.4, -0.2) is 16.3 Å². The highest BCUT2D eigenvalue weighted by Crippen LogP contribution is 2.38. The number of hydrogen-bond acceptors (Lipinski definition) is 3. The molecule has 3 rings (SSSR count). The summed E-state index contributed by atoms with van der Waals surface area (Å²) in [4.78, 5) is 23.9. The van der Waals surface area contributed by atoms with E-state index in [-0.39, 0.29) is 11.6 Å². The van der Waals surface area contributed by atoms with Crippen molar-refractivity contribution in [2.24, 2.45) is 0 Å². The van der Waals surface area contributed by atoms with Crippen LogP contribution in [0.1, 0.15) is 25.3 Å². The highest BCUT2D eigenvalue weighted by molar-refractivity contribution is 8.01. The third-order valence-corrected chi connectivity index (χ3v) is 5.53. The van der Waals surface area contributed by atoms with Crippen LogP contribution in [0.25, 0.3) is 10.8 Å². The molecule has 0 saturated heterocycles. The Morgan fingerprint density at radius 1 is 1.00 bits per heavy atom. The van der Waals surface area contributed by atoms with Crippen molar-refractivity contribution >= 4 is 34.1 Å². The van der Waals surface area contributed by atoms with Gasteiger partial charge in [-0.15, -0.1) is 11.8 Å². The minimum absolute atomic E-state index is 0.0766. The molecule has 0 spiro atoms. The lowest BCUT2D eigenvalue weighted by Crippen LogP contribution is -2.33. The third-order valence-electron chi connectivity index (χ3n) is 4.04. The molecule has 3 heteroatoms. The fourth-order valence-corrected chi connectivity index (χ4v) is 3.88. The van der Waals surface area contributed by atoms with Crippen LogP contribution in [0.3, 0.4) is 0 Å². The minimum atomic E-state index is -0.836. The van der Waals surface area contributed by atoms with E-state index in [4.69, 9.17) is 0 Å². The molecule has 0 aliphatic heterocycles. The van der Waals surface area contributed by atoms with E-state index >= 15 is 0 Å². The van der Waals surface area contributed by atoms with Gasteiger partial charge in [0.1, 0.15) is 4.75 Å². The topological polar surface area (TPSA) is 34.1 Å². The second-order valence-corrected chi connectivity index (χ2v) is 6.70. The summed E-state index contributed by atoms with van der Waals surface area (Å²) in [7, 11) is 0. The predicted molar refractivity (Wildman–Crippen MR) is 82.9 cm³/mol. The molecule has 20 heavy (non-hydrogen) atoms. The van der Waals surface area contributed by atoms with Crippen molar-refractivity contribution in [1.82, 2.24) is 0 Å². The second kappa shape index (κ2) is 5.06. The molecule has 0 N–H and O–H groups in total. The number of carbonyl (C=O) groups excluding carboxylic acids is 2. The first kappa shape index (κ1) is 13.4. The summed E-state index contributed by atoms with van der Waals surface area (Å²) in [5.41, 5.74) is 1.18. The molecule has 1 aliphatic carbocycles. The van der Waals surface area contributed by atoms with Gasteiger partial charge >= 0.3 is 0 Å². The smallest absolute Gasteiger partial charge is 0.156 e. The first-order chi connectivity index (χ1) is 9.61. The zero-order chi connectivity index (χ0) is 14.2. The molecule has 0 unspecified atom stereocenters. The molecule has 1 fully saturated rings. The lowest BCUT2D eigenvalue weighted by atomic mass is 10.1. The number of hydrogen-bond donors (Lipinski definition) is 0. The van der Waals surface area contributed by atoms with Crippen molar-refractivity contribution < 1.29 is 9.59 Å². The van der Waals surface area contributed by atoms with Crippen molar-refractivity contribution in [1.29, 1.82) is 0 Å². The Morgan fingerprint density at radius 3 is 2.40 bits per heavy atom. The van der Waals surface area contributed by atoms with Crippen molar-refractivity contribution in [2.45, 2.75) is 30.3 Å². The van der Waals surface area contributed by atoms with Gasteiger partial charge in [0.05, 0.1) is 0 Å². The van der Waals surface area contributed by atoms with Crippen LogP contribution in [0.5, 0.6) is 0 Å². The highest BCUT2D eigenvalue weighted by Gasteiger charge is 2.45. The molecule has 0 aromatic heterocycles. The molecule has 2 nitrogen and oxygen atoms in total. The number of fused-ring (bicyclic) bond motifs is 1. The van der Waals surface area contributed by atoms with Crippen LogP contribution in [0.15, 0.2) is 42.5 Å². The highest BCUT2D eigenvalue weighted by atomic mass is 32.2. The summed E-state index contributed by atoms with van der Waals surface area (Å²) in [6.45, 7) is 1.78. The number of thioether (sulfide) groups is 1. The molecule has 1 aliphatic rings. The molecular weight excluding hydrogens is 268 g/mol. The average molecular weight is 284 g/mol. The van der Waals surface area contributed by atoms with Crippen LogP contribution < -0.4 is 0 Å². The van der Waals surface area contributed by atoms with Crippen molar-refractivity contribution in [2.75, 3.05) is 0 Å². The summed E-state index contributed by atoms with van der Waals surface area (Å²) < 4.78 is -0.836. The predicted octanol–water partition coefficient (Wildman–Crippen LogP) is 3.76. The molecule has 102 valence electrons. The van der Waals surface area contributed by atoms with Gasteiger partial charge in [0.2, 0.25) is 0 Å². The number of ketones is 2. The van der Waals surface area contributed by atoms with Crippen molar-refractivity contribution in [3.05, 3.63) is 48.0 Å². The molecule has 1 saturated carbocycles. The summed E-state index contributed by atoms with van der Waals surface area (Å²) >= 11 is 1.47. The van der Waals surface area contributed by atoms with E-state index < -0.39 is 4.75 Å². The zero-order valence-corrected chi connectivity index (χ0v) is 12.2. The lowest BCUT2D eigenvalue weighted by molar-refractivity contribution is -0.124. The Balaban J connectivity index is 1.88. The van der Waals surface area contributed by atoms with Gasteiger partial charge in [-0.05, 0) is 23.3 Å². The van der Waals surface area contributed by atoms with Crippen LogP contribution >= 0.6 is 11.8 Å². The number of benzene rings is 2. The van der Waals surface area contributed by atoms with Crippen LogP contribution in [-0.2, 0) is 15.3 Å². The molecule has 0 radical (unpaired) electrons. The quantitative estimate of drug-likeness (QED) is 0.805. The summed E-state index contributed by atoms with van der Waals surface area (Å²) in [6.07, 6.45) is 0.801. The fraction of sp³-hybridized carbons (Fsp3) is 0.294. The van der Waals surface area contributed by atoms with Gasteiger partial charge in [-0.2, -0.15) is 0 Å². The Kier molecular flexibility index (Phi) is 3.38. The maximum absolute atomic E-state index is 11.9. The monoisotopic (exact) mass is 284 g/mol.